The third-order valence-electron chi connectivity index (χ3n) is 1.07. The molecule has 0 bridgehead atoms. The molecular weight excluding hydrogens is 126 g/mol. The highest BCUT2D eigenvalue weighted by molar-refractivity contribution is 5.25. The summed E-state index contributed by atoms with van der Waals surface area (Å²) >= 11 is 0. The molecule has 0 radical (unpaired) electrons. The van der Waals surface area contributed by atoms with Gasteiger partial charge in [0.05, 0.1) is 4.11 Å². The molecule has 1 saturated carbocycles. The summed E-state index contributed by atoms with van der Waals surface area (Å²) in [7, 11) is 0. The molecule has 1 aromatic heterocycles. The average Bonchev–Trinajstić information content (AvgIpc) is 2.59. The Labute approximate surface area is 70.8 Å². The Bertz CT molecular complexity index is 528. The van der Waals surface area contributed by atoms with E-state index >= 15 is 0 Å². The molecule has 2 nitrogen and oxygen atoms in total. The van der Waals surface area contributed by atoms with E-state index in [0.29, 0.717) is 0 Å². The molecule has 10 heavy (non-hydrogen) atoms. The van der Waals surface area contributed by atoms with Crippen LogP contribution in [0.1, 0.15) is 35.3 Å². The highest BCUT2D eigenvalue weighted by atomic mass is 16.3. The lowest BCUT2D eigenvalue weighted by molar-refractivity contribution is 0.473. The second-order valence-electron chi connectivity index (χ2n) is 1.80. The molecule has 0 spiro atoms. The maximum atomic E-state index is 9.44. The van der Waals surface area contributed by atoms with Crippen molar-refractivity contribution in [1.82, 2.24) is 4.98 Å². The summed E-state index contributed by atoms with van der Waals surface area (Å²) in [6.45, 7) is 0. The van der Waals surface area contributed by atoms with Crippen LogP contribution in [-0.4, -0.2) is 10.1 Å². The van der Waals surface area contributed by atoms with E-state index in [1.165, 1.54) is 0 Å². The van der Waals surface area contributed by atoms with Gasteiger partial charge in [0.15, 0.2) is 0 Å². The van der Waals surface area contributed by atoms with Crippen molar-refractivity contribution in [3.8, 4) is 5.75 Å². The topological polar surface area (TPSA) is 33.1 Å². The van der Waals surface area contributed by atoms with Crippen LogP contribution in [-0.2, 0) is 0 Å². The number of aromatic hydroxyl groups is 1. The van der Waals surface area contributed by atoms with Crippen LogP contribution in [0.25, 0.3) is 0 Å². The molecule has 0 saturated heterocycles. The van der Waals surface area contributed by atoms with Crippen molar-refractivity contribution in [3.05, 3.63) is 24.0 Å². The summed E-state index contributed by atoms with van der Waals surface area (Å²) in [5, 5.41) is 9.44. The minimum Gasteiger partial charge on any atom is -0.508 e. The standard InChI is InChI=1S/C8H9NO/c10-7-3-4-9-8(5-7)6-1-2-6/h3-6H,1-2H2,(H,9,10)/i1D2,2D2,3D,4D,5D,6D. The molecule has 1 heterocycles. The molecule has 2 rings (SSSR count). The second-order valence-corrected chi connectivity index (χ2v) is 1.80. The monoisotopic (exact) mass is 143 g/mol. The zero-order valence-corrected chi connectivity index (χ0v) is 4.89. The highest BCUT2D eigenvalue weighted by Crippen LogP contribution is 2.39. The van der Waals surface area contributed by atoms with E-state index in [1.54, 1.807) is 0 Å². The van der Waals surface area contributed by atoms with Crippen LogP contribution in [0.2, 0.25) is 0 Å². The molecular formula is C8H9NO. The van der Waals surface area contributed by atoms with Crippen LogP contribution in [0.15, 0.2) is 18.3 Å². The lowest BCUT2D eigenvalue weighted by atomic mass is 10.2. The summed E-state index contributed by atoms with van der Waals surface area (Å²) in [6.07, 6.45) is -5.85. The van der Waals surface area contributed by atoms with Crippen LogP contribution < -0.4 is 0 Å². The van der Waals surface area contributed by atoms with Crippen LogP contribution in [0.4, 0.5) is 0 Å². The van der Waals surface area contributed by atoms with Crippen LogP contribution in [0.5, 0.6) is 5.75 Å². The predicted octanol–water partition coefficient (Wildman–Crippen LogP) is 1.66. The minimum atomic E-state index is -2.56. The van der Waals surface area contributed by atoms with Gasteiger partial charge in [0.25, 0.3) is 0 Å². The van der Waals surface area contributed by atoms with Crippen molar-refractivity contribution in [1.29, 1.82) is 0 Å². The first kappa shape index (κ1) is 1.76. The third kappa shape index (κ3) is 0.967. The number of aromatic nitrogens is 1. The Morgan fingerprint density at radius 3 is 3.40 bits per heavy atom. The Kier molecular flexibility index (Phi) is 0.346. The fourth-order valence-electron chi connectivity index (χ4n) is 0.576. The van der Waals surface area contributed by atoms with Gasteiger partial charge in [-0.3, -0.25) is 4.98 Å². The van der Waals surface area contributed by atoms with Crippen molar-refractivity contribution < 1.29 is 16.1 Å². The molecule has 0 aliphatic heterocycles. The number of pyridine rings is 1. The van der Waals surface area contributed by atoms with E-state index in [-0.39, 0.29) is 0 Å². The number of nitrogens with zero attached hydrogens (tertiary/aromatic N) is 1. The average molecular weight is 143 g/mol. The van der Waals surface area contributed by atoms with Crippen molar-refractivity contribution >= 4 is 0 Å². The molecule has 1 aliphatic carbocycles. The molecule has 0 atom stereocenters. The maximum Gasteiger partial charge on any atom is 0.118 e. The molecule has 1 fully saturated rings. The fraction of sp³-hybridized carbons (Fsp3) is 0.375. The third-order valence-corrected chi connectivity index (χ3v) is 1.07. The molecule has 0 aromatic carbocycles. The fourth-order valence-corrected chi connectivity index (χ4v) is 0.576. The number of hydrogen-bond donors (Lipinski definition) is 1. The van der Waals surface area contributed by atoms with Gasteiger partial charge in [0.2, 0.25) is 0 Å². The second kappa shape index (κ2) is 1.97. The van der Waals surface area contributed by atoms with Crippen molar-refractivity contribution in [2.24, 2.45) is 0 Å². The van der Waals surface area contributed by atoms with Crippen LogP contribution in [0.3, 0.4) is 0 Å². The lowest BCUT2D eigenvalue weighted by Crippen LogP contribution is -1.82. The Balaban J connectivity index is 2.70. The van der Waals surface area contributed by atoms with Crippen molar-refractivity contribution in [2.75, 3.05) is 0 Å². The summed E-state index contributed by atoms with van der Waals surface area (Å²) in [6, 6.07) is -1.48. The Morgan fingerprint density at radius 2 is 2.70 bits per heavy atom. The summed E-state index contributed by atoms with van der Waals surface area (Å²) in [4.78, 5) is 3.42. The first-order chi connectivity index (χ1) is 8.00. The van der Waals surface area contributed by atoms with Gasteiger partial charge in [0, 0.05) is 30.7 Å². The predicted molar refractivity (Wildman–Crippen MR) is 37.9 cm³/mol. The lowest BCUT2D eigenvalue weighted by Gasteiger charge is -1.95. The molecule has 0 amide bonds. The summed E-state index contributed by atoms with van der Waals surface area (Å²) in [5.41, 5.74) is -0.656. The zero-order valence-electron chi connectivity index (χ0n) is 12.9. The first-order valence-corrected chi connectivity index (χ1v) is 2.67. The molecule has 0 unspecified atom stereocenters. The van der Waals surface area contributed by atoms with Gasteiger partial charge in [-0.05, 0) is 18.8 Å². The summed E-state index contributed by atoms with van der Waals surface area (Å²) < 4.78 is 59.5. The quantitative estimate of drug-likeness (QED) is 0.648. The normalized spacial score (nSPS) is 42.0. The first-order valence-electron chi connectivity index (χ1n) is 6.67. The van der Waals surface area contributed by atoms with Gasteiger partial charge in [-0.15, -0.1) is 0 Å². The van der Waals surface area contributed by atoms with Gasteiger partial charge < -0.3 is 5.11 Å². The van der Waals surface area contributed by atoms with E-state index in [0.717, 1.165) is 0 Å². The van der Waals surface area contributed by atoms with E-state index < -0.39 is 48.3 Å². The molecule has 1 aliphatic rings. The largest absolute Gasteiger partial charge is 0.508 e. The maximum absolute atomic E-state index is 9.44. The van der Waals surface area contributed by atoms with E-state index in [2.05, 4.69) is 4.98 Å². The van der Waals surface area contributed by atoms with Crippen LogP contribution >= 0.6 is 0 Å². The summed E-state index contributed by atoms with van der Waals surface area (Å²) in [5.74, 6) is -3.34. The molecule has 2 heteroatoms. The minimum absolute atomic E-state index is 0.656. The van der Waals surface area contributed by atoms with E-state index in [9.17, 15) is 5.11 Å². The van der Waals surface area contributed by atoms with Crippen molar-refractivity contribution in [2.45, 2.75) is 18.6 Å². The molecule has 1 aromatic rings. The van der Waals surface area contributed by atoms with Gasteiger partial charge in [-0.25, -0.2) is 0 Å². The van der Waals surface area contributed by atoms with Crippen LogP contribution in [0, 0.1) is 0 Å². The Morgan fingerprint density at radius 1 is 1.90 bits per heavy atom. The molecule has 52 valence electrons. The van der Waals surface area contributed by atoms with E-state index in [1.807, 2.05) is 0 Å². The number of hydrogen-bond acceptors (Lipinski definition) is 2. The number of rotatable bonds is 1. The van der Waals surface area contributed by atoms with Crippen molar-refractivity contribution in [3.63, 3.8) is 0 Å². The molecule has 1 N–H and O–H groups in total. The van der Waals surface area contributed by atoms with E-state index in [4.69, 9.17) is 11.0 Å². The van der Waals surface area contributed by atoms with Gasteiger partial charge in [0.1, 0.15) is 5.75 Å². The van der Waals surface area contributed by atoms with Gasteiger partial charge in [-0.2, -0.15) is 0 Å². The SMILES string of the molecule is [2H]c1nc(C2([2H])C([2H])([2H])C2([2H])[2H])c([2H])c(O)c1[2H]. The smallest absolute Gasteiger partial charge is 0.118 e. The van der Waals surface area contributed by atoms with Gasteiger partial charge in [-0.1, -0.05) is 0 Å². The highest BCUT2D eigenvalue weighted by Gasteiger charge is 2.24. The Hall–Kier alpha value is -1.05. The van der Waals surface area contributed by atoms with Gasteiger partial charge >= 0.3 is 0 Å². The zero-order chi connectivity index (χ0) is 14.1.